The highest BCUT2D eigenvalue weighted by Crippen LogP contribution is 2.36. The summed E-state index contributed by atoms with van der Waals surface area (Å²) in [6, 6.07) is 55.9. The molecule has 3 heteroatoms. The summed E-state index contributed by atoms with van der Waals surface area (Å²) in [7, 11) is -0.854. The van der Waals surface area contributed by atoms with Gasteiger partial charge in [0.15, 0.2) is 0 Å². The number of hydrogen-bond acceptors (Lipinski definition) is 1. The second-order valence-electron chi connectivity index (χ2n) is 9.77. The molecular formula is C36H37NP2. The van der Waals surface area contributed by atoms with Crippen LogP contribution in [0.4, 0.5) is 0 Å². The van der Waals surface area contributed by atoms with Crippen LogP contribution in [-0.2, 0) is 0 Å². The van der Waals surface area contributed by atoms with Gasteiger partial charge in [-0.15, -0.1) is 0 Å². The van der Waals surface area contributed by atoms with Gasteiger partial charge in [-0.3, -0.25) is 4.90 Å². The minimum Gasteiger partial charge on any atom is -0.296 e. The average Bonchev–Trinajstić information content (AvgIpc) is 3.02. The Kier molecular flexibility index (Phi) is 10.1. The summed E-state index contributed by atoms with van der Waals surface area (Å²) in [6.07, 6.45) is 2.30. The van der Waals surface area contributed by atoms with Crippen molar-refractivity contribution in [3.8, 4) is 0 Å². The molecule has 0 fully saturated rings. The fourth-order valence-electron chi connectivity index (χ4n) is 5.14. The molecule has 0 spiro atoms. The fraction of sp³-hybridized carbons (Fsp3) is 0.167. The Morgan fingerprint density at radius 2 is 0.718 bits per heavy atom. The molecule has 5 aromatic carbocycles. The molecule has 0 unspecified atom stereocenters. The second-order valence-corrected chi connectivity index (χ2v) is 14.4. The molecule has 0 bridgehead atoms. The lowest BCUT2D eigenvalue weighted by Crippen LogP contribution is -2.34. The Hall–Kier alpha value is -3.08. The fourth-order valence-corrected chi connectivity index (χ4v) is 9.82. The van der Waals surface area contributed by atoms with Crippen LogP contribution in [0.25, 0.3) is 0 Å². The van der Waals surface area contributed by atoms with Crippen molar-refractivity contribution in [2.24, 2.45) is 0 Å². The first-order valence-corrected chi connectivity index (χ1v) is 16.9. The molecule has 196 valence electrons. The minimum absolute atomic E-state index is 0.359. The molecule has 0 aliphatic carbocycles. The average molecular weight is 546 g/mol. The zero-order valence-electron chi connectivity index (χ0n) is 22.7. The Balaban J connectivity index is 1.41. The number of benzene rings is 5. The Labute approximate surface area is 237 Å². The summed E-state index contributed by atoms with van der Waals surface area (Å²) in [5.74, 6) is 0. The number of hydrogen-bond donors (Lipinski definition) is 0. The van der Waals surface area contributed by atoms with Crippen LogP contribution in [0.2, 0.25) is 0 Å². The van der Waals surface area contributed by atoms with E-state index in [2.05, 4.69) is 163 Å². The van der Waals surface area contributed by atoms with Crippen molar-refractivity contribution in [1.82, 2.24) is 4.90 Å². The second kappa shape index (κ2) is 14.3. The zero-order chi connectivity index (χ0) is 26.7. The molecule has 0 N–H and O–H groups in total. The molecule has 39 heavy (non-hydrogen) atoms. The van der Waals surface area contributed by atoms with Crippen LogP contribution in [0, 0.1) is 0 Å². The van der Waals surface area contributed by atoms with Gasteiger partial charge in [-0.1, -0.05) is 152 Å². The topological polar surface area (TPSA) is 3.24 Å². The minimum atomic E-state index is -0.427. The maximum atomic E-state index is 2.73. The van der Waals surface area contributed by atoms with Crippen molar-refractivity contribution in [3.05, 3.63) is 157 Å². The van der Waals surface area contributed by atoms with Crippen LogP contribution >= 0.6 is 15.8 Å². The molecule has 1 nitrogen and oxygen atoms in total. The van der Waals surface area contributed by atoms with Gasteiger partial charge in [0.1, 0.15) is 0 Å². The van der Waals surface area contributed by atoms with E-state index in [0.29, 0.717) is 6.04 Å². The molecule has 0 aliphatic rings. The van der Waals surface area contributed by atoms with E-state index in [9.17, 15) is 0 Å². The van der Waals surface area contributed by atoms with Crippen molar-refractivity contribution in [1.29, 1.82) is 0 Å². The summed E-state index contributed by atoms with van der Waals surface area (Å²) in [5, 5.41) is 5.84. The molecule has 0 heterocycles. The largest absolute Gasteiger partial charge is 0.296 e. The number of nitrogens with zero attached hydrogens (tertiary/aromatic N) is 1. The molecule has 0 radical (unpaired) electrons. The van der Waals surface area contributed by atoms with Gasteiger partial charge >= 0.3 is 0 Å². The van der Waals surface area contributed by atoms with Gasteiger partial charge in [-0.05, 0) is 61.9 Å². The van der Waals surface area contributed by atoms with Crippen LogP contribution in [-0.4, -0.2) is 30.3 Å². The van der Waals surface area contributed by atoms with E-state index in [1.807, 2.05) is 0 Å². The third kappa shape index (κ3) is 7.52. The van der Waals surface area contributed by atoms with Crippen LogP contribution in [0.15, 0.2) is 152 Å². The quantitative estimate of drug-likeness (QED) is 0.149. The summed E-state index contributed by atoms with van der Waals surface area (Å²) >= 11 is 0. The lowest BCUT2D eigenvalue weighted by molar-refractivity contribution is 0.238. The third-order valence-electron chi connectivity index (χ3n) is 7.32. The molecule has 5 rings (SSSR count). The molecule has 1 atom stereocenters. The standard InChI is InChI=1S/C36H37NP2/c1-31(32-17-7-2-8-18-32)37(27-29-38(33-19-9-3-10-20-33)34-21-11-4-12-22-34)28-30-39(35-23-13-5-14-24-35)36-25-15-6-16-26-36/h2-26,31H,27-30H2,1H3/t31-/m1/s1. The summed E-state index contributed by atoms with van der Waals surface area (Å²) in [6.45, 7) is 4.52. The van der Waals surface area contributed by atoms with Crippen molar-refractivity contribution in [2.45, 2.75) is 13.0 Å². The van der Waals surface area contributed by atoms with E-state index < -0.39 is 15.8 Å². The molecule has 0 saturated heterocycles. The Morgan fingerprint density at radius 3 is 1.03 bits per heavy atom. The maximum absolute atomic E-state index is 2.73. The van der Waals surface area contributed by atoms with Crippen LogP contribution in [0.1, 0.15) is 18.5 Å². The van der Waals surface area contributed by atoms with E-state index in [0.717, 1.165) is 25.4 Å². The first kappa shape index (κ1) is 27.5. The summed E-state index contributed by atoms with van der Waals surface area (Å²) in [4.78, 5) is 2.73. The molecule has 0 aromatic heterocycles. The number of rotatable bonds is 12. The molecule has 0 amide bonds. The van der Waals surface area contributed by atoms with E-state index in [1.165, 1.54) is 26.8 Å². The molecule has 0 aliphatic heterocycles. The van der Waals surface area contributed by atoms with Gasteiger partial charge < -0.3 is 0 Å². The van der Waals surface area contributed by atoms with Crippen molar-refractivity contribution in [3.63, 3.8) is 0 Å². The Morgan fingerprint density at radius 1 is 0.436 bits per heavy atom. The van der Waals surface area contributed by atoms with Gasteiger partial charge in [-0.2, -0.15) is 0 Å². The normalized spacial score (nSPS) is 12.2. The Bertz CT molecular complexity index is 1200. The predicted molar refractivity (Wildman–Crippen MR) is 174 cm³/mol. The SMILES string of the molecule is C[C@H](c1ccccc1)N(CCP(c1ccccc1)c1ccccc1)CCP(c1ccccc1)c1ccccc1. The van der Waals surface area contributed by atoms with Crippen LogP contribution in [0.3, 0.4) is 0 Å². The van der Waals surface area contributed by atoms with Gasteiger partial charge in [-0.25, -0.2) is 0 Å². The van der Waals surface area contributed by atoms with E-state index in [1.54, 1.807) is 0 Å². The molecular weight excluding hydrogens is 508 g/mol. The van der Waals surface area contributed by atoms with Crippen molar-refractivity contribution >= 4 is 37.1 Å². The molecule has 0 saturated carbocycles. The van der Waals surface area contributed by atoms with E-state index in [-0.39, 0.29) is 0 Å². The van der Waals surface area contributed by atoms with Gasteiger partial charge in [0, 0.05) is 19.1 Å². The van der Waals surface area contributed by atoms with Gasteiger partial charge in [0.25, 0.3) is 0 Å². The van der Waals surface area contributed by atoms with Crippen molar-refractivity contribution < 1.29 is 0 Å². The zero-order valence-corrected chi connectivity index (χ0v) is 24.5. The predicted octanol–water partition coefficient (Wildman–Crippen LogP) is 7.32. The van der Waals surface area contributed by atoms with Gasteiger partial charge in [0.05, 0.1) is 0 Å². The highest BCUT2D eigenvalue weighted by molar-refractivity contribution is 7.73. The lowest BCUT2D eigenvalue weighted by atomic mass is 10.1. The summed E-state index contributed by atoms with van der Waals surface area (Å²) < 4.78 is 0. The van der Waals surface area contributed by atoms with Gasteiger partial charge in [0.2, 0.25) is 0 Å². The van der Waals surface area contributed by atoms with Crippen LogP contribution < -0.4 is 21.2 Å². The molecule has 5 aromatic rings. The van der Waals surface area contributed by atoms with Crippen molar-refractivity contribution in [2.75, 3.05) is 25.4 Å². The van der Waals surface area contributed by atoms with E-state index in [4.69, 9.17) is 0 Å². The monoisotopic (exact) mass is 545 g/mol. The van der Waals surface area contributed by atoms with Crippen LogP contribution in [0.5, 0.6) is 0 Å². The third-order valence-corrected chi connectivity index (χ3v) is 12.3. The first-order valence-electron chi connectivity index (χ1n) is 13.8. The maximum Gasteiger partial charge on any atom is 0.0320 e. The summed E-state index contributed by atoms with van der Waals surface area (Å²) in [5.41, 5.74) is 1.39. The highest BCUT2D eigenvalue weighted by Gasteiger charge is 2.22. The first-order chi connectivity index (χ1) is 19.3. The van der Waals surface area contributed by atoms with E-state index >= 15 is 0 Å². The lowest BCUT2D eigenvalue weighted by Gasteiger charge is -2.33. The smallest absolute Gasteiger partial charge is 0.0320 e. The highest BCUT2D eigenvalue weighted by atomic mass is 31.1.